The van der Waals surface area contributed by atoms with Crippen molar-refractivity contribution in [3.63, 3.8) is 0 Å². The molecule has 0 aliphatic rings. The van der Waals surface area contributed by atoms with Gasteiger partial charge in [-0.2, -0.15) is 0 Å². The number of hydrogen-bond acceptors (Lipinski definition) is 5. The van der Waals surface area contributed by atoms with Crippen molar-refractivity contribution in [2.45, 2.75) is 6.61 Å². The van der Waals surface area contributed by atoms with Crippen LogP contribution in [0.4, 0.5) is 0 Å². The number of nitrogens with zero attached hydrogens (tertiary/aromatic N) is 1. The minimum atomic E-state index is 0.340. The molecule has 0 fully saturated rings. The van der Waals surface area contributed by atoms with Crippen molar-refractivity contribution < 1.29 is 9.57 Å². The van der Waals surface area contributed by atoms with Crippen LogP contribution in [0.3, 0.4) is 0 Å². The minimum absolute atomic E-state index is 0.340. The summed E-state index contributed by atoms with van der Waals surface area (Å²) < 4.78 is 5.10. The highest BCUT2D eigenvalue weighted by atomic mass is 32.1. The molecule has 0 spiro atoms. The van der Waals surface area contributed by atoms with Crippen molar-refractivity contribution in [1.29, 1.82) is 0 Å². The molecule has 2 aromatic rings. The van der Waals surface area contributed by atoms with Crippen molar-refractivity contribution in [2.75, 3.05) is 7.11 Å². The van der Waals surface area contributed by atoms with E-state index in [2.05, 4.69) is 9.82 Å². The fourth-order valence-electron chi connectivity index (χ4n) is 1.32. The predicted octanol–water partition coefficient (Wildman–Crippen LogP) is 2.21. The second kappa shape index (κ2) is 5.07. The molecule has 84 valence electrons. The monoisotopic (exact) mass is 236 g/mol. The van der Waals surface area contributed by atoms with E-state index in [0.29, 0.717) is 6.61 Å². The zero-order valence-corrected chi connectivity index (χ0v) is 9.66. The van der Waals surface area contributed by atoms with Gasteiger partial charge in [0.2, 0.25) is 0 Å². The molecule has 1 aromatic carbocycles. The topological polar surface area (TPSA) is 57.4 Å². The summed E-state index contributed by atoms with van der Waals surface area (Å²) in [6.45, 7) is 0.340. The Labute approximate surface area is 97.6 Å². The Morgan fingerprint density at radius 2 is 2.06 bits per heavy atom. The van der Waals surface area contributed by atoms with E-state index in [4.69, 9.17) is 10.6 Å². The molecule has 2 rings (SSSR count). The van der Waals surface area contributed by atoms with E-state index in [-0.39, 0.29) is 0 Å². The maximum atomic E-state index is 5.10. The summed E-state index contributed by atoms with van der Waals surface area (Å²) >= 11 is 1.57. The van der Waals surface area contributed by atoms with E-state index in [1.165, 1.54) is 0 Å². The first-order valence-corrected chi connectivity index (χ1v) is 5.62. The lowest BCUT2D eigenvalue weighted by Gasteiger charge is -2.00. The highest BCUT2D eigenvalue weighted by molar-refractivity contribution is 7.13. The van der Waals surface area contributed by atoms with Crippen molar-refractivity contribution >= 4 is 11.3 Å². The molecule has 0 aliphatic heterocycles. The van der Waals surface area contributed by atoms with Crippen LogP contribution >= 0.6 is 11.3 Å². The lowest BCUT2D eigenvalue weighted by Crippen LogP contribution is -1.98. The third-order valence-electron chi connectivity index (χ3n) is 2.12. The predicted molar refractivity (Wildman–Crippen MR) is 63.1 cm³/mol. The molecule has 1 heterocycles. The van der Waals surface area contributed by atoms with Gasteiger partial charge >= 0.3 is 0 Å². The van der Waals surface area contributed by atoms with Crippen LogP contribution in [0.5, 0.6) is 5.75 Å². The van der Waals surface area contributed by atoms with Crippen LogP contribution in [0, 0.1) is 0 Å². The third-order valence-corrected chi connectivity index (χ3v) is 3.06. The van der Waals surface area contributed by atoms with Gasteiger partial charge in [-0.05, 0) is 24.3 Å². The number of nitrogens with two attached hydrogens (primary N) is 1. The Morgan fingerprint density at radius 1 is 1.31 bits per heavy atom. The molecule has 0 aliphatic carbocycles. The fourth-order valence-corrected chi connectivity index (χ4v) is 2.14. The van der Waals surface area contributed by atoms with E-state index < -0.39 is 0 Å². The normalized spacial score (nSPS) is 10.4. The molecular formula is C11H12N2O2S. The quantitative estimate of drug-likeness (QED) is 0.827. The summed E-state index contributed by atoms with van der Waals surface area (Å²) in [5, 5.41) is 2.89. The minimum Gasteiger partial charge on any atom is -0.497 e. The van der Waals surface area contributed by atoms with Crippen LogP contribution in [0.1, 0.15) is 5.69 Å². The molecule has 0 amide bonds. The number of hydrogen-bond donors (Lipinski definition) is 1. The summed E-state index contributed by atoms with van der Waals surface area (Å²) in [6.07, 6.45) is 0. The van der Waals surface area contributed by atoms with Gasteiger partial charge in [0, 0.05) is 10.9 Å². The summed E-state index contributed by atoms with van der Waals surface area (Å²) in [6, 6.07) is 7.78. The Morgan fingerprint density at radius 3 is 2.69 bits per heavy atom. The molecule has 0 saturated carbocycles. The molecule has 0 saturated heterocycles. The summed E-state index contributed by atoms with van der Waals surface area (Å²) in [7, 11) is 1.65. The van der Waals surface area contributed by atoms with E-state index in [0.717, 1.165) is 22.0 Å². The Hall–Kier alpha value is -1.43. The van der Waals surface area contributed by atoms with Gasteiger partial charge in [0.05, 0.1) is 12.8 Å². The third kappa shape index (κ3) is 2.38. The molecule has 0 bridgehead atoms. The maximum absolute atomic E-state index is 5.10. The number of ether oxygens (including phenoxy) is 1. The van der Waals surface area contributed by atoms with Crippen LogP contribution in [-0.4, -0.2) is 12.1 Å². The molecule has 0 radical (unpaired) electrons. The van der Waals surface area contributed by atoms with Gasteiger partial charge in [0.1, 0.15) is 17.4 Å². The lowest BCUT2D eigenvalue weighted by atomic mass is 10.2. The standard InChI is InChI=1S/C11H12N2O2S/c1-14-10-4-2-8(3-5-10)11-13-9(6-15-12)7-16-11/h2-5,7H,6,12H2,1H3. The first-order chi connectivity index (χ1) is 7.83. The van der Waals surface area contributed by atoms with Gasteiger partial charge < -0.3 is 4.74 Å². The highest BCUT2D eigenvalue weighted by Crippen LogP contribution is 2.25. The molecular weight excluding hydrogens is 224 g/mol. The molecule has 16 heavy (non-hydrogen) atoms. The average Bonchev–Trinajstić information content (AvgIpc) is 2.78. The van der Waals surface area contributed by atoms with Gasteiger partial charge in [-0.15, -0.1) is 11.3 Å². The van der Waals surface area contributed by atoms with E-state index in [1.807, 2.05) is 29.6 Å². The number of thiazole rings is 1. The summed E-state index contributed by atoms with van der Waals surface area (Å²) in [5.74, 6) is 5.83. The van der Waals surface area contributed by atoms with Crippen molar-refractivity contribution in [1.82, 2.24) is 4.98 Å². The van der Waals surface area contributed by atoms with Crippen molar-refractivity contribution in [2.24, 2.45) is 5.90 Å². The van der Waals surface area contributed by atoms with Crippen molar-refractivity contribution in [3.8, 4) is 16.3 Å². The molecule has 4 nitrogen and oxygen atoms in total. The maximum Gasteiger partial charge on any atom is 0.123 e. The number of rotatable bonds is 4. The van der Waals surface area contributed by atoms with Crippen molar-refractivity contribution in [3.05, 3.63) is 35.3 Å². The summed E-state index contributed by atoms with van der Waals surface area (Å²) in [5.41, 5.74) is 1.91. The number of benzene rings is 1. The molecule has 2 N–H and O–H groups in total. The van der Waals surface area contributed by atoms with Crippen LogP contribution in [-0.2, 0) is 11.4 Å². The molecule has 0 unspecified atom stereocenters. The largest absolute Gasteiger partial charge is 0.497 e. The van der Waals surface area contributed by atoms with Gasteiger partial charge in [-0.1, -0.05) is 0 Å². The van der Waals surface area contributed by atoms with E-state index in [9.17, 15) is 0 Å². The SMILES string of the molecule is COc1ccc(-c2nc(CON)cs2)cc1. The zero-order valence-electron chi connectivity index (χ0n) is 8.84. The molecule has 1 aromatic heterocycles. The Bertz CT molecular complexity index is 453. The van der Waals surface area contributed by atoms with Crippen LogP contribution in [0.2, 0.25) is 0 Å². The smallest absolute Gasteiger partial charge is 0.123 e. The number of aromatic nitrogens is 1. The van der Waals surface area contributed by atoms with Gasteiger partial charge in [0.15, 0.2) is 0 Å². The van der Waals surface area contributed by atoms with Crippen LogP contribution < -0.4 is 10.6 Å². The Kier molecular flexibility index (Phi) is 3.51. The zero-order chi connectivity index (χ0) is 11.4. The second-order valence-corrected chi connectivity index (χ2v) is 4.04. The number of methoxy groups -OCH3 is 1. The van der Waals surface area contributed by atoms with E-state index >= 15 is 0 Å². The van der Waals surface area contributed by atoms with Gasteiger partial charge in [-0.25, -0.2) is 10.9 Å². The summed E-state index contributed by atoms with van der Waals surface area (Å²) in [4.78, 5) is 8.94. The first kappa shape index (κ1) is 11.1. The highest BCUT2D eigenvalue weighted by Gasteiger charge is 2.04. The van der Waals surface area contributed by atoms with Gasteiger partial charge in [-0.3, -0.25) is 4.84 Å². The average molecular weight is 236 g/mol. The van der Waals surface area contributed by atoms with Crippen LogP contribution in [0.25, 0.3) is 10.6 Å². The second-order valence-electron chi connectivity index (χ2n) is 3.18. The van der Waals surface area contributed by atoms with Crippen LogP contribution in [0.15, 0.2) is 29.6 Å². The lowest BCUT2D eigenvalue weighted by molar-refractivity contribution is 0.122. The fraction of sp³-hybridized carbons (Fsp3) is 0.182. The van der Waals surface area contributed by atoms with Gasteiger partial charge in [0.25, 0.3) is 0 Å². The molecule has 5 heteroatoms. The molecule has 0 atom stereocenters. The Balaban J connectivity index is 2.21. The van der Waals surface area contributed by atoms with E-state index in [1.54, 1.807) is 18.4 Å². The first-order valence-electron chi connectivity index (χ1n) is 4.74.